The van der Waals surface area contributed by atoms with E-state index in [1.807, 2.05) is 42.5 Å². The smallest absolute Gasteiger partial charge is 0.230 e. The Morgan fingerprint density at radius 2 is 1.74 bits per heavy atom. The Labute approximate surface area is 133 Å². The van der Waals surface area contributed by atoms with Gasteiger partial charge in [-0.1, -0.05) is 41.6 Å². The van der Waals surface area contributed by atoms with Gasteiger partial charge in [-0.25, -0.2) is 0 Å². The van der Waals surface area contributed by atoms with Crippen LogP contribution in [0.3, 0.4) is 0 Å². The van der Waals surface area contributed by atoms with Crippen molar-refractivity contribution in [2.45, 2.75) is 12.5 Å². The zero-order chi connectivity index (χ0) is 15.6. The minimum atomic E-state index is -0.207. The summed E-state index contributed by atoms with van der Waals surface area (Å²) >= 11 is 0. The van der Waals surface area contributed by atoms with Crippen LogP contribution >= 0.6 is 0 Å². The second kappa shape index (κ2) is 4.54. The van der Waals surface area contributed by atoms with Crippen LogP contribution in [-0.2, 0) is 14.4 Å². The third kappa shape index (κ3) is 1.70. The topological polar surface area (TPSA) is 67.8 Å². The van der Waals surface area contributed by atoms with Gasteiger partial charge in [0.15, 0.2) is 0 Å². The zero-order valence-electron chi connectivity index (χ0n) is 12.4. The van der Waals surface area contributed by atoms with Crippen LogP contribution in [0, 0.1) is 29.6 Å². The molecule has 0 radical (unpaired) electrons. The highest BCUT2D eigenvalue weighted by atomic mass is 16.6. The second-order valence-electron chi connectivity index (χ2n) is 6.82. The predicted molar refractivity (Wildman–Crippen MR) is 83.0 cm³/mol. The molecule has 2 aliphatic carbocycles. The van der Waals surface area contributed by atoms with E-state index in [0.717, 1.165) is 17.7 Å². The summed E-state index contributed by atoms with van der Waals surface area (Å²) in [5, 5.41) is 6.73. The van der Waals surface area contributed by atoms with Crippen molar-refractivity contribution in [1.29, 1.82) is 0 Å². The molecule has 0 spiro atoms. The van der Waals surface area contributed by atoms with Gasteiger partial charge in [0.2, 0.25) is 11.8 Å². The fourth-order valence-corrected chi connectivity index (χ4v) is 4.96. The van der Waals surface area contributed by atoms with Crippen molar-refractivity contribution >= 4 is 23.6 Å². The molecule has 1 aromatic carbocycles. The van der Waals surface area contributed by atoms with Crippen LogP contribution in [0.4, 0.5) is 0 Å². The van der Waals surface area contributed by atoms with Crippen molar-refractivity contribution < 1.29 is 14.4 Å². The van der Waals surface area contributed by atoms with Crippen molar-refractivity contribution in [3.05, 3.63) is 42.0 Å². The number of benzene rings is 1. The second-order valence-corrected chi connectivity index (χ2v) is 6.82. The molecule has 6 atom stereocenters. The van der Waals surface area contributed by atoms with E-state index < -0.39 is 0 Å². The van der Waals surface area contributed by atoms with E-state index in [9.17, 15) is 9.59 Å². The Kier molecular flexibility index (Phi) is 2.57. The molecule has 5 heteroatoms. The van der Waals surface area contributed by atoms with E-state index >= 15 is 0 Å². The van der Waals surface area contributed by atoms with Crippen molar-refractivity contribution in [2.75, 3.05) is 0 Å². The summed E-state index contributed by atoms with van der Waals surface area (Å²) in [6, 6.07) is 10.0. The van der Waals surface area contributed by atoms with E-state index in [2.05, 4.69) is 10.5 Å². The Balaban J connectivity index is 1.43. The normalized spacial score (nSPS) is 40.1. The third-order valence-corrected chi connectivity index (χ3v) is 5.81. The molecular formula is C18H16N2O3. The SMILES string of the molecule is O=C1NC(=O)C2C3CC(C4ON=C(C=Cc5ccccc5)C34)C12. The molecule has 1 aromatic rings. The number of oxime groups is 1. The molecule has 1 N–H and O–H groups in total. The van der Waals surface area contributed by atoms with Crippen LogP contribution in [0.2, 0.25) is 0 Å². The van der Waals surface area contributed by atoms with E-state index in [1.54, 1.807) is 0 Å². The minimum absolute atomic E-state index is 0.0478. The molecule has 2 saturated carbocycles. The summed E-state index contributed by atoms with van der Waals surface area (Å²) in [4.78, 5) is 29.7. The zero-order valence-corrected chi connectivity index (χ0v) is 12.4. The Morgan fingerprint density at radius 1 is 1.00 bits per heavy atom. The number of fused-ring (bicyclic) bond motifs is 8. The lowest BCUT2D eigenvalue weighted by atomic mass is 9.72. The average Bonchev–Trinajstić information content (AvgIpc) is 3.28. The summed E-state index contributed by atoms with van der Waals surface area (Å²) in [5.74, 6) is -0.201. The number of hydrogen-bond donors (Lipinski definition) is 1. The number of allylic oxidation sites excluding steroid dienone is 1. The van der Waals surface area contributed by atoms with E-state index in [0.29, 0.717) is 0 Å². The molecule has 5 rings (SSSR count). The fourth-order valence-electron chi connectivity index (χ4n) is 4.96. The van der Waals surface area contributed by atoms with Gasteiger partial charge in [-0.05, 0) is 24.0 Å². The highest BCUT2D eigenvalue weighted by Crippen LogP contribution is 2.59. The molecule has 2 amide bonds. The lowest BCUT2D eigenvalue weighted by Gasteiger charge is -2.29. The quantitative estimate of drug-likeness (QED) is 0.844. The van der Waals surface area contributed by atoms with Gasteiger partial charge in [-0.2, -0.15) is 0 Å². The molecule has 1 saturated heterocycles. The largest absolute Gasteiger partial charge is 0.391 e. The van der Waals surface area contributed by atoms with Gasteiger partial charge < -0.3 is 4.84 Å². The minimum Gasteiger partial charge on any atom is -0.391 e. The first kappa shape index (κ1) is 13.0. The Morgan fingerprint density at radius 3 is 2.52 bits per heavy atom. The van der Waals surface area contributed by atoms with Crippen molar-refractivity contribution in [3.8, 4) is 0 Å². The Hall–Kier alpha value is -2.43. The van der Waals surface area contributed by atoms with Crippen LogP contribution in [-0.4, -0.2) is 23.6 Å². The summed E-state index contributed by atoms with van der Waals surface area (Å²) in [7, 11) is 0. The maximum atomic E-state index is 12.1. The fraction of sp³-hybridized carbons (Fsp3) is 0.389. The molecule has 2 heterocycles. The predicted octanol–water partition coefficient (Wildman–Crippen LogP) is 1.61. The first-order chi connectivity index (χ1) is 11.2. The average molecular weight is 308 g/mol. The van der Waals surface area contributed by atoms with Crippen LogP contribution in [0.15, 0.2) is 41.6 Å². The number of rotatable bonds is 2. The summed E-state index contributed by atoms with van der Waals surface area (Å²) in [6.45, 7) is 0. The lowest BCUT2D eigenvalue weighted by Crippen LogP contribution is -2.40. The molecule has 4 aliphatic rings. The number of carbonyl (C=O) groups excluding carboxylic acids is 2. The first-order valence-corrected chi connectivity index (χ1v) is 8.05. The maximum Gasteiger partial charge on any atom is 0.230 e. The third-order valence-electron chi connectivity index (χ3n) is 5.81. The first-order valence-electron chi connectivity index (χ1n) is 8.05. The van der Waals surface area contributed by atoms with Crippen LogP contribution < -0.4 is 5.32 Å². The van der Waals surface area contributed by atoms with Crippen molar-refractivity contribution in [3.63, 3.8) is 0 Å². The molecule has 2 bridgehead atoms. The van der Waals surface area contributed by atoms with Crippen molar-refractivity contribution in [2.24, 2.45) is 34.7 Å². The highest BCUT2D eigenvalue weighted by molar-refractivity contribution is 6.08. The van der Waals surface area contributed by atoms with Gasteiger partial charge in [0.05, 0.1) is 17.5 Å². The van der Waals surface area contributed by atoms with Crippen LogP contribution in [0.5, 0.6) is 0 Å². The van der Waals surface area contributed by atoms with Crippen molar-refractivity contribution in [1.82, 2.24) is 5.32 Å². The number of hydrogen-bond acceptors (Lipinski definition) is 4. The van der Waals surface area contributed by atoms with Gasteiger partial charge in [0, 0.05) is 11.8 Å². The standard InChI is InChI=1S/C18H16N2O3/c21-17-14-10-8-11(15(14)18(22)19-17)16-13(10)12(20-23-16)7-6-9-4-2-1-3-5-9/h1-7,10-11,13-16H,8H2,(H,19,21,22). The molecule has 23 heavy (non-hydrogen) atoms. The van der Waals surface area contributed by atoms with Crippen LogP contribution in [0.1, 0.15) is 12.0 Å². The monoisotopic (exact) mass is 308 g/mol. The lowest BCUT2D eigenvalue weighted by molar-refractivity contribution is -0.127. The van der Waals surface area contributed by atoms with E-state index in [1.165, 1.54) is 0 Å². The molecule has 2 aliphatic heterocycles. The molecule has 5 nitrogen and oxygen atoms in total. The molecule has 116 valence electrons. The van der Waals surface area contributed by atoms with Gasteiger partial charge in [-0.3, -0.25) is 14.9 Å². The summed E-state index contributed by atoms with van der Waals surface area (Å²) in [5.41, 5.74) is 2.01. The summed E-state index contributed by atoms with van der Waals surface area (Å²) in [6.07, 6.45) is 4.86. The highest BCUT2D eigenvalue weighted by Gasteiger charge is 2.68. The number of nitrogens with one attached hydrogen (secondary N) is 1. The van der Waals surface area contributed by atoms with Crippen LogP contribution in [0.25, 0.3) is 6.08 Å². The molecular weight excluding hydrogens is 292 g/mol. The van der Waals surface area contributed by atoms with Gasteiger partial charge in [0.25, 0.3) is 0 Å². The number of amides is 2. The van der Waals surface area contributed by atoms with E-state index in [-0.39, 0.29) is 47.5 Å². The van der Waals surface area contributed by atoms with Gasteiger partial charge >= 0.3 is 0 Å². The van der Waals surface area contributed by atoms with E-state index in [4.69, 9.17) is 4.84 Å². The number of carbonyl (C=O) groups is 2. The molecule has 6 unspecified atom stereocenters. The number of imide groups is 1. The summed E-state index contributed by atoms with van der Waals surface area (Å²) < 4.78 is 0. The van der Waals surface area contributed by atoms with Gasteiger partial charge in [0.1, 0.15) is 6.10 Å². The van der Waals surface area contributed by atoms with Gasteiger partial charge in [-0.15, -0.1) is 0 Å². The molecule has 3 fully saturated rings. The maximum absolute atomic E-state index is 12.1. The Bertz CT molecular complexity index is 755. The molecule has 0 aromatic heterocycles. The number of nitrogens with zero attached hydrogens (tertiary/aromatic N) is 1.